The molecule has 0 aliphatic carbocycles. The molecule has 0 unspecified atom stereocenters. The molecular formula is C26H29F4N5O5S. The van der Waals surface area contributed by atoms with Crippen LogP contribution in [0.3, 0.4) is 0 Å². The van der Waals surface area contributed by atoms with Crippen molar-refractivity contribution in [3.05, 3.63) is 53.6 Å². The number of hydrogen-bond donors (Lipinski definition) is 1. The number of carbonyl (C=O) groups excluding carboxylic acids is 1. The third-order valence-electron chi connectivity index (χ3n) is 7.23. The van der Waals surface area contributed by atoms with E-state index in [2.05, 4.69) is 4.98 Å². The number of benzene rings is 1. The number of ether oxygens (including phenoxy) is 2. The number of carbonyl (C=O) groups is 1. The fourth-order valence-electron chi connectivity index (χ4n) is 5.25. The van der Waals surface area contributed by atoms with E-state index >= 15 is 0 Å². The third-order valence-corrected chi connectivity index (χ3v) is 8.97. The summed E-state index contributed by atoms with van der Waals surface area (Å²) in [6, 6.07) is 6.39. The van der Waals surface area contributed by atoms with E-state index in [1.54, 1.807) is 11.0 Å². The lowest BCUT2D eigenvalue weighted by Gasteiger charge is -2.30. The summed E-state index contributed by atoms with van der Waals surface area (Å²) >= 11 is 0. The first-order chi connectivity index (χ1) is 19.5. The quantitative estimate of drug-likeness (QED) is 0.375. The highest BCUT2D eigenvalue weighted by Gasteiger charge is 2.37. The van der Waals surface area contributed by atoms with Crippen molar-refractivity contribution in [2.75, 3.05) is 38.3 Å². The van der Waals surface area contributed by atoms with Gasteiger partial charge in [-0.1, -0.05) is 0 Å². The third kappa shape index (κ3) is 5.83. The van der Waals surface area contributed by atoms with Crippen molar-refractivity contribution < 1.29 is 40.2 Å². The maximum atomic E-state index is 14.9. The molecule has 5 rings (SSSR count). The number of imidazole rings is 1. The van der Waals surface area contributed by atoms with Crippen LogP contribution >= 0.6 is 0 Å². The SMILES string of the molecule is CN(CC(F)F)S(=O)(=O)c1nc2ccc(N3C[C@@H](F)C[C@@H]3c3cc(F)ccc3OC3CCOCC3)cn2c1C(N)=O. The number of aromatic nitrogens is 2. The molecule has 2 N–H and O–H groups in total. The Labute approximate surface area is 233 Å². The van der Waals surface area contributed by atoms with Crippen LogP contribution in [0.1, 0.15) is 41.4 Å². The van der Waals surface area contributed by atoms with E-state index < -0.39 is 57.7 Å². The van der Waals surface area contributed by atoms with Gasteiger partial charge in [0.15, 0.2) is 5.69 Å². The topological polar surface area (TPSA) is 119 Å². The molecule has 1 aromatic carbocycles. The molecule has 1 amide bonds. The van der Waals surface area contributed by atoms with Crippen molar-refractivity contribution >= 4 is 27.3 Å². The predicted octanol–water partition coefficient (Wildman–Crippen LogP) is 3.31. The largest absolute Gasteiger partial charge is 0.490 e. The fourth-order valence-corrected chi connectivity index (χ4v) is 6.51. The lowest BCUT2D eigenvalue weighted by atomic mass is 10.0. The van der Waals surface area contributed by atoms with Gasteiger partial charge in [-0.3, -0.25) is 9.20 Å². The summed E-state index contributed by atoms with van der Waals surface area (Å²) in [6.07, 6.45) is -1.68. The molecule has 15 heteroatoms. The normalized spacial score (nSPS) is 20.4. The molecule has 0 radical (unpaired) electrons. The predicted molar refractivity (Wildman–Crippen MR) is 140 cm³/mol. The smallest absolute Gasteiger partial charge is 0.268 e. The molecule has 4 heterocycles. The zero-order valence-corrected chi connectivity index (χ0v) is 22.9. The first kappa shape index (κ1) is 29.1. The number of fused-ring (bicyclic) bond motifs is 1. The highest BCUT2D eigenvalue weighted by molar-refractivity contribution is 7.89. The van der Waals surface area contributed by atoms with Crippen LogP contribution in [0.4, 0.5) is 23.2 Å². The molecule has 222 valence electrons. The molecule has 2 atom stereocenters. The van der Waals surface area contributed by atoms with Crippen molar-refractivity contribution in [1.82, 2.24) is 13.7 Å². The molecule has 0 spiro atoms. The van der Waals surface area contributed by atoms with E-state index in [-0.39, 0.29) is 24.7 Å². The number of anilines is 1. The van der Waals surface area contributed by atoms with Gasteiger partial charge in [0.2, 0.25) is 5.03 Å². The minimum absolute atomic E-state index is 0.00779. The number of nitrogens with zero attached hydrogens (tertiary/aromatic N) is 4. The number of amides is 1. The lowest BCUT2D eigenvalue weighted by molar-refractivity contribution is 0.0250. The van der Waals surface area contributed by atoms with Gasteiger partial charge < -0.3 is 20.1 Å². The van der Waals surface area contributed by atoms with Crippen LogP contribution in [-0.4, -0.2) is 80.1 Å². The van der Waals surface area contributed by atoms with E-state index in [4.69, 9.17) is 15.2 Å². The van der Waals surface area contributed by atoms with Crippen LogP contribution in [0.2, 0.25) is 0 Å². The number of sulfonamides is 1. The van der Waals surface area contributed by atoms with E-state index in [0.717, 1.165) is 11.4 Å². The molecule has 0 saturated carbocycles. The number of rotatable bonds is 9. The molecule has 2 aliphatic heterocycles. The number of nitrogens with two attached hydrogens (primary N) is 1. The average molecular weight is 600 g/mol. The standard InChI is InChI=1S/C26H29F4N5O5S/c1-33(14-22(29)30)41(37,38)26-24(25(31)36)35-13-17(3-5-23(35)32-26)34-12-16(28)11-20(34)19-10-15(27)2-4-21(19)40-18-6-8-39-9-7-18/h2-5,10,13,16,18,20,22H,6-9,11-12,14H2,1H3,(H2,31,36)/t16-,20+/m0/s1. The van der Waals surface area contributed by atoms with Gasteiger partial charge in [-0.25, -0.2) is 31.0 Å². The minimum atomic E-state index is -4.61. The van der Waals surface area contributed by atoms with Crippen LogP contribution in [-0.2, 0) is 14.8 Å². The van der Waals surface area contributed by atoms with Gasteiger partial charge in [-0.05, 0) is 30.3 Å². The monoisotopic (exact) mass is 599 g/mol. The maximum Gasteiger partial charge on any atom is 0.268 e. The molecule has 2 saturated heterocycles. The summed E-state index contributed by atoms with van der Waals surface area (Å²) in [4.78, 5) is 18.1. The number of hydrogen-bond acceptors (Lipinski definition) is 7. The van der Waals surface area contributed by atoms with Gasteiger partial charge in [-0.15, -0.1) is 0 Å². The molecule has 3 aromatic rings. The Morgan fingerprint density at radius 1 is 1.24 bits per heavy atom. The maximum absolute atomic E-state index is 14.9. The van der Waals surface area contributed by atoms with Crippen molar-refractivity contribution in [1.29, 1.82) is 0 Å². The van der Waals surface area contributed by atoms with Crippen molar-refractivity contribution in [2.45, 2.75) is 49.0 Å². The fraction of sp³-hybridized carbons (Fsp3) is 0.462. The number of primary amides is 1. The highest BCUT2D eigenvalue weighted by atomic mass is 32.2. The second kappa shape index (κ2) is 11.4. The van der Waals surface area contributed by atoms with Crippen LogP contribution < -0.4 is 15.4 Å². The average Bonchev–Trinajstić information content (AvgIpc) is 3.50. The number of alkyl halides is 3. The Balaban J connectivity index is 1.55. The molecule has 0 bridgehead atoms. The minimum Gasteiger partial charge on any atom is -0.490 e. The zero-order chi connectivity index (χ0) is 29.5. The summed E-state index contributed by atoms with van der Waals surface area (Å²) in [5.74, 6) is -1.26. The van der Waals surface area contributed by atoms with Crippen molar-refractivity contribution in [2.24, 2.45) is 5.73 Å². The van der Waals surface area contributed by atoms with Gasteiger partial charge in [0.25, 0.3) is 22.4 Å². The van der Waals surface area contributed by atoms with Crippen molar-refractivity contribution in [3.63, 3.8) is 0 Å². The Morgan fingerprint density at radius 2 is 1.98 bits per heavy atom. The first-order valence-corrected chi connectivity index (χ1v) is 14.4. The first-order valence-electron chi connectivity index (χ1n) is 13.0. The van der Waals surface area contributed by atoms with E-state index in [9.17, 15) is 30.8 Å². The number of halogens is 4. The summed E-state index contributed by atoms with van der Waals surface area (Å²) in [5.41, 5.74) is 5.80. The summed E-state index contributed by atoms with van der Waals surface area (Å²) in [6.45, 7) is -0.122. The van der Waals surface area contributed by atoms with Crippen LogP contribution in [0.15, 0.2) is 41.6 Å². The molecular weight excluding hydrogens is 570 g/mol. The van der Waals surface area contributed by atoms with Crippen LogP contribution in [0, 0.1) is 5.82 Å². The Bertz CT molecular complexity index is 1550. The molecule has 10 nitrogen and oxygen atoms in total. The molecule has 41 heavy (non-hydrogen) atoms. The lowest BCUT2D eigenvalue weighted by Crippen LogP contribution is -2.33. The zero-order valence-electron chi connectivity index (χ0n) is 22.1. The Kier molecular flexibility index (Phi) is 8.12. The molecule has 2 aliphatic rings. The van der Waals surface area contributed by atoms with Crippen LogP contribution in [0.5, 0.6) is 5.75 Å². The molecule has 2 aromatic heterocycles. The highest BCUT2D eigenvalue weighted by Crippen LogP contribution is 2.42. The van der Waals surface area contributed by atoms with E-state index in [1.165, 1.54) is 30.5 Å². The van der Waals surface area contributed by atoms with Gasteiger partial charge in [0.05, 0.1) is 31.5 Å². The Morgan fingerprint density at radius 3 is 2.66 bits per heavy atom. The molecule has 2 fully saturated rings. The van der Waals surface area contributed by atoms with Gasteiger partial charge in [-0.2, -0.15) is 4.31 Å². The summed E-state index contributed by atoms with van der Waals surface area (Å²) in [7, 11) is -3.67. The summed E-state index contributed by atoms with van der Waals surface area (Å²) < 4.78 is 94.3. The van der Waals surface area contributed by atoms with Gasteiger partial charge >= 0.3 is 0 Å². The van der Waals surface area contributed by atoms with Crippen LogP contribution in [0.25, 0.3) is 5.65 Å². The second-order valence-electron chi connectivity index (χ2n) is 10.0. The van der Waals surface area contributed by atoms with Gasteiger partial charge in [0, 0.05) is 44.6 Å². The Hall–Kier alpha value is -3.43. The summed E-state index contributed by atoms with van der Waals surface area (Å²) in [5, 5.41) is -0.774. The number of pyridine rings is 1. The van der Waals surface area contributed by atoms with E-state index in [1.807, 2.05) is 0 Å². The van der Waals surface area contributed by atoms with Gasteiger partial charge in [0.1, 0.15) is 29.5 Å². The van der Waals surface area contributed by atoms with Crippen molar-refractivity contribution in [3.8, 4) is 5.75 Å². The second-order valence-corrected chi connectivity index (χ2v) is 12.0. The van der Waals surface area contributed by atoms with E-state index in [0.29, 0.717) is 47.4 Å².